The van der Waals surface area contributed by atoms with Gasteiger partial charge in [-0.1, -0.05) is 0 Å². The van der Waals surface area contributed by atoms with Gasteiger partial charge < -0.3 is 23.7 Å². The molecular formula is C23H26O6. The van der Waals surface area contributed by atoms with E-state index < -0.39 is 5.60 Å². The molecule has 0 fully saturated rings. The van der Waals surface area contributed by atoms with Gasteiger partial charge in [0.15, 0.2) is 17.3 Å². The number of carbonyl (C=O) groups is 1. The van der Waals surface area contributed by atoms with Crippen molar-refractivity contribution in [1.82, 2.24) is 0 Å². The minimum Gasteiger partial charge on any atom is -0.495 e. The summed E-state index contributed by atoms with van der Waals surface area (Å²) < 4.78 is 27.7. The molecule has 0 N–H and O–H groups in total. The fraction of sp³-hybridized carbons (Fsp3) is 0.348. The van der Waals surface area contributed by atoms with Crippen LogP contribution in [0.2, 0.25) is 0 Å². The van der Waals surface area contributed by atoms with Crippen LogP contribution in [-0.4, -0.2) is 39.8 Å². The molecule has 0 spiro atoms. The van der Waals surface area contributed by atoms with Crippen molar-refractivity contribution in [1.29, 1.82) is 0 Å². The second-order valence-corrected chi connectivity index (χ2v) is 7.23. The standard InChI is InChI=1S/C23H26O6/c1-23(2)10-9-16-18(29-23)8-7-15(21(16)27-5)17(24)11-14-12-19(25-3)22(28-6)20(13-14)26-4/h7-10,12-13H,11H2,1-6H3. The lowest BCUT2D eigenvalue weighted by molar-refractivity contribution is 0.0989. The molecule has 0 bridgehead atoms. The van der Waals surface area contributed by atoms with Crippen LogP contribution in [0.4, 0.5) is 0 Å². The minimum absolute atomic E-state index is 0.0860. The van der Waals surface area contributed by atoms with Crippen molar-refractivity contribution >= 4 is 11.9 Å². The molecule has 29 heavy (non-hydrogen) atoms. The van der Waals surface area contributed by atoms with E-state index >= 15 is 0 Å². The molecule has 1 heterocycles. The van der Waals surface area contributed by atoms with Gasteiger partial charge in [0.25, 0.3) is 0 Å². The zero-order valence-corrected chi connectivity index (χ0v) is 17.6. The maximum Gasteiger partial charge on any atom is 0.203 e. The smallest absolute Gasteiger partial charge is 0.203 e. The molecule has 2 aromatic rings. The molecular weight excluding hydrogens is 372 g/mol. The first kappa shape index (κ1) is 20.6. The SMILES string of the molecule is COc1cc(CC(=O)c2ccc3c(c2OC)C=CC(C)(C)O3)cc(OC)c1OC. The summed E-state index contributed by atoms with van der Waals surface area (Å²) in [4.78, 5) is 13.1. The van der Waals surface area contributed by atoms with Gasteiger partial charge in [-0.15, -0.1) is 0 Å². The number of rotatable bonds is 7. The number of Topliss-reactive ketones (excluding diaryl/α,β-unsaturated/α-hetero) is 1. The van der Waals surface area contributed by atoms with Crippen LogP contribution in [0.1, 0.15) is 35.3 Å². The molecule has 0 aromatic heterocycles. The normalized spacial score (nSPS) is 13.9. The van der Waals surface area contributed by atoms with Gasteiger partial charge in [0.1, 0.15) is 17.1 Å². The Morgan fingerprint density at radius 2 is 1.55 bits per heavy atom. The van der Waals surface area contributed by atoms with E-state index in [-0.39, 0.29) is 12.2 Å². The highest BCUT2D eigenvalue weighted by atomic mass is 16.5. The zero-order chi connectivity index (χ0) is 21.2. The predicted molar refractivity (Wildman–Crippen MR) is 111 cm³/mol. The van der Waals surface area contributed by atoms with E-state index in [0.29, 0.717) is 34.3 Å². The Morgan fingerprint density at radius 3 is 2.10 bits per heavy atom. The molecule has 0 aliphatic carbocycles. The topological polar surface area (TPSA) is 63.2 Å². The third-order valence-corrected chi connectivity index (χ3v) is 4.77. The maximum absolute atomic E-state index is 13.1. The first-order valence-corrected chi connectivity index (χ1v) is 9.25. The Balaban J connectivity index is 1.96. The fourth-order valence-electron chi connectivity index (χ4n) is 3.39. The Bertz CT molecular complexity index is 933. The molecule has 0 atom stereocenters. The van der Waals surface area contributed by atoms with Crippen LogP contribution in [0.15, 0.2) is 30.3 Å². The Morgan fingerprint density at radius 1 is 0.931 bits per heavy atom. The number of fused-ring (bicyclic) bond motifs is 1. The molecule has 0 saturated heterocycles. The molecule has 1 aliphatic rings. The molecule has 1 aliphatic heterocycles. The summed E-state index contributed by atoms with van der Waals surface area (Å²) in [5, 5.41) is 0. The van der Waals surface area contributed by atoms with Crippen molar-refractivity contribution in [3.63, 3.8) is 0 Å². The van der Waals surface area contributed by atoms with E-state index in [9.17, 15) is 4.79 Å². The van der Waals surface area contributed by atoms with Gasteiger partial charge in [-0.2, -0.15) is 0 Å². The summed E-state index contributed by atoms with van der Waals surface area (Å²) >= 11 is 0. The van der Waals surface area contributed by atoms with Crippen molar-refractivity contribution in [2.24, 2.45) is 0 Å². The number of benzene rings is 2. The highest BCUT2D eigenvalue weighted by molar-refractivity contribution is 6.01. The Kier molecular flexibility index (Phi) is 5.73. The lowest BCUT2D eigenvalue weighted by Gasteiger charge is -2.29. The average Bonchev–Trinajstić information content (AvgIpc) is 2.71. The van der Waals surface area contributed by atoms with Crippen molar-refractivity contribution in [2.75, 3.05) is 28.4 Å². The van der Waals surface area contributed by atoms with Crippen LogP contribution in [0, 0.1) is 0 Å². The number of methoxy groups -OCH3 is 4. The van der Waals surface area contributed by atoms with Crippen LogP contribution >= 0.6 is 0 Å². The van der Waals surface area contributed by atoms with Gasteiger partial charge in [0.05, 0.1) is 39.6 Å². The molecule has 2 aromatic carbocycles. The summed E-state index contributed by atoms with van der Waals surface area (Å²) in [5.41, 5.74) is 1.60. The van der Waals surface area contributed by atoms with Gasteiger partial charge in [-0.05, 0) is 55.8 Å². The second-order valence-electron chi connectivity index (χ2n) is 7.23. The van der Waals surface area contributed by atoms with E-state index in [1.807, 2.05) is 32.1 Å². The first-order chi connectivity index (χ1) is 13.8. The summed E-state index contributed by atoms with van der Waals surface area (Å²) in [6.07, 6.45) is 4.04. The lowest BCUT2D eigenvalue weighted by Crippen LogP contribution is -2.27. The van der Waals surface area contributed by atoms with Gasteiger partial charge in [-0.3, -0.25) is 4.79 Å². The summed E-state index contributed by atoms with van der Waals surface area (Å²) in [6, 6.07) is 7.10. The largest absolute Gasteiger partial charge is 0.495 e. The maximum atomic E-state index is 13.1. The molecule has 0 unspecified atom stereocenters. The van der Waals surface area contributed by atoms with E-state index in [1.165, 1.54) is 0 Å². The van der Waals surface area contributed by atoms with Crippen molar-refractivity contribution < 1.29 is 28.5 Å². The van der Waals surface area contributed by atoms with E-state index in [0.717, 1.165) is 11.1 Å². The second kappa shape index (κ2) is 8.07. The molecule has 0 radical (unpaired) electrons. The van der Waals surface area contributed by atoms with Gasteiger partial charge in [0, 0.05) is 6.42 Å². The third kappa shape index (κ3) is 4.01. The summed E-state index contributed by atoms with van der Waals surface area (Å²) in [5.74, 6) is 2.61. The zero-order valence-electron chi connectivity index (χ0n) is 17.6. The van der Waals surface area contributed by atoms with E-state index in [4.69, 9.17) is 23.7 Å². The van der Waals surface area contributed by atoms with E-state index in [2.05, 4.69) is 0 Å². The van der Waals surface area contributed by atoms with Crippen LogP contribution < -0.4 is 23.7 Å². The van der Waals surface area contributed by atoms with Crippen LogP contribution in [-0.2, 0) is 6.42 Å². The molecule has 154 valence electrons. The number of hydrogen-bond acceptors (Lipinski definition) is 6. The van der Waals surface area contributed by atoms with Crippen LogP contribution in [0.25, 0.3) is 6.08 Å². The van der Waals surface area contributed by atoms with Crippen molar-refractivity contribution in [2.45, 2.75) is 25.9 Å². The molecule has 6 nitrogen and oxygen atoms in total. The quantitative estimate of drug-likeness (QED) is 0.647. The van der Waals surface area contributed by atoms with Crippen molar-refractivity contribution in [3.8, 4) is 28.7 Å². The van der Waals surface area contributed by atoms with Gasteiger partial charge in [0.2, 0.25) is 5.75 Å². The highest BCUT2D eigenvalue weighted by Crippen LogP contribution is 2.41. The summed E-state index contributed by atoms with van der Waals surface area (Å²) in [6.45, 7) is 3.95. The van der Waals surface area contributed by atoms with Crippen LogP contribution in [0.3, 0.4) is 0 Å². The van der Waals surface area contributed by atoms with Crippen molar-refractivity contribution in [3.05, 3.63) is 47.0 Å². The predicted octanol–water partition coefficient (Wildman–Crippen LogP) is 4.33. The lowest BCUT2D eigenvalue weighted by atomic mass is 9.96. The monoisotopic (exact) mass is 398 g/mol. The average molecular weight is 398 g/mol. The molecule has 0 amide bonds. The molecule has 0 saturated carbocycles. The Hall–Kier alpha value is -3.15. The Labute approximate surface area is 171 Å². The third-order valence-electron chi connectivity index (χ3n) is 4.77. The molecule has 6 heteroatoms. The van der Waals surface area contributed by atoms with Crippen LogP contribution in [0.5, 0.6) is 28.7 Å². The van der Waals surface area contributed by atoms with Gasteiger partial charge >= 0.3 is 0 Å². The fourth-order valence-corrected chi connectivity index (χ4v) is 3.39. The number of ether oxygens (including phenoxy) is 5. The van der Waals surface area contributed by atoms with Gasteiger partial charge in [-0.25, -0.2) is 0 Å². The number of hydrogen-bond donors (Lipinski definition) is 0. The minimum atomic E-state index is -0.403. The summed E-state index contributed by atoms with van der Waals surface area (Å²) in [7, 11) is 6.19. The molecule has 3 rings (SSSR count). The first-order valence-electron chi connectivity index (χ1n) is 9.25. The highest BCUT2D eigenvalue weighted by Gasteiger charge is 2.27. The number of carbonyl (C=O) groups excluding carboxylic acids is 1. The number of ketones is 1. The van der Waals surface area contributed by atoms with E-state index in [1.54, 1.807) is 46.6 Å².